The van der Waals surface area contributed by atoms with Crippen molar-refractivity contribution in [3.8, 4) is 0 Å². The van der Waals surface area contributed by atoms with Gasteiger partial charge in [0.1, 0.15) is 0 Å². The summed E-state index contributed by atoms with van der Waals surface area (Å²) in [5.74, 6) is 0.0555. The number of rotatable bonds is 6. The minimum atomic E-state index is 0.0555. The monoisotopic (exact) mass is 214 g/mol. The standard InChI is InChI=1S/C15H18O/c1-2-3-4-8-11-15(16)13-12-14-9-6-5-7-10-14/h5-13H,2-4H2,1H3. The SMILES string of the molecule is CCCCC=CC(=O)C=Cc1ccccc1. The van der Waals surface area contributed by atoms with Crippen molar-refractivity contribution in [3.05, 3.63) is 54.1 Å². The molecule has 0 heterocycles. The summed E-state index contributed by atoms with van der Waals surface area (Å²) >= 11 is 0. The fraction of sp³-hybridized carbons (Fsp3) is 0.267. The van der Waals surface area contributed by atoms with Gasteiger partial charge in [0.2, 0.25) is 0 Å². The molecule has 0 aliphatic heterocycles. The van der Waals surface area contributed by atoms with E-state index in [4.69, 9.17) is 0 Å². The molecule has 1 rings (SSSR count). The van der Waals surface area contributed by atoms with E-state index in [1.54, 1.807) is 12.2 Å². The van der Waals surface area contributed by atoms with Gasteiger partial charge in [-0.2, -0.15) is 0 Å². The van der Waals surface area contributed by atoms with Gasteiger partial charge in [0, 0.05) is 0 Å². The van der Waals surface area contributed by atoms with E-state index in [2.05, 4.69) is 6.92 Å². The Bertz CT molecular complexity index is 360. The Hall–Kier alpha value is -1.63. The van der Waals surface area contributed by atoms with Crippen LogP contribution in [0.25, 0.3) is 6.08 Å². The van der Waals surface area contributed by atoms with E-state index >= 15 is 0 Å². The molecule has 0 amide bonds. The van der Waals surface area contributed by atoms with Gasteiger partial charge < -0.3 is 0 Å². The van der Waals surface area contributed by atoms with Crippen molar-refractivity contribution in [2.75, 3.05) is 0 Å². The van der Waals surface area contributed by atoms with Gasteiger partial charge in [-0.3, -0.25) is 4.79 Å². The molecule has 84 valence electrons. The van der Waals surface area contributed by atoms with Gasteiger partial charge in [0.05, 0.1) is 0 Å². The summed E-state index contributed by atoms with van der Waals surface area (Å²) in [6, 6.07) is 9.83. The third-order valence-electron chi connectivity index (χ3n) is 2.25. The number of ketones is 1. The molecule has 1 heteroatoms. The summed E-state index contributed by atoms with van der Waals surface area (Å²) in [6.45, 7) is 2.14. The highest BCUT2D eigenvalue weighted by Gasteiger charge is 1.89. The molecule has 0 unspecified atom stereocenters. The van der Waals surface area contributed by atoms with Gasteiger partial charge in [-0.25, -0.2) is 0 Å². The molecule has 0 saturated carbocycles. The van der Waals surface area contributed by atoms with Gasteiger partial charge in [-0.1, -0.05) is 62.2 Å². The van der Waals surface area contributed by atoms with Crippen LogP contribution in [0.4, 0.5) is 0 Å². The first kappa shape index (κ1) is 12.4. The lowest BCUT2D eigenvalue weighted by molar-refractivity contribution is -0.110. The van der Waals surface area contributed by atoms with Crippen molar-refractivity contribution in [1.82, 2.24) is 0 Å². The predicted molar refractivity (Wildman–Crippen MR) is 69.1 cm³/mol. The first-order chi connectivity index (χ1) is 7.83. The summed E-state index contributed by atoms with van der Waals surface area (Å²) in [5, 5.41) is 0. The normalized spacial score (nSPS) is 11.3. The molecule has 0 radical (unpaired) electrons. The van der Waals surface area contributed by atoms with E-state index in [0.29, 0.717) is 0 Å². The average Bonchev–Trinajstić information content (AvgIpc) is 2.33. The first-order valence-corrected chi connectivity index (χ1v) is 5.76. The van der Waals surface area contributed by atoms with Crippen LogP contribution in [-0.2, 0) is 4.79 Å². The fourth-order valence-corrected chi connectivity index (χ4v) is 1.32. The molecular formula is C15H18O. The predicted octanol–water partition coefficient (Wildman–Crippen LogP) is 4.02. The summed E-state index contributed by atoms with van der Waals surface area (Å²) in [6.07, 6.45) is 10.3. The number of unbranched alkanes of at least 4 members (excludes halogenated alkanes) is 2. The molecule has 0 aromatic heterocycles. The molecule has 0 bridgehead atoms. The van der Waals surface area contributed by atoms with Crippen LogP contribution in [0.3, 0.4) is 0 Å². The topological polar surface area (TPSA) is 17.1 Å². The highest BCUT2D eigenvalue weighted by molar-refractivity contribution is 6.01. The van der Waals surface area contributed by atoms with E-state index in [1.807, 2.05) is 42.5 Å². The number of hydrogen-bond donors (Lipinski definition) is 0. The zero-order chi connectivity index (χ0) is 11.6. The molecule has 1 nitrogen and oxygen atoms in total. The Morgan fingerprint density at radius 1 is 1.19 bits per heavy atom. The highest BCUT2D eigenvalue weighted by atomic mass is 16.1. The largest absolute Gasteiger partial charge is 0.290 e. The molecular weight excluding hydrogens is 196 g/mol. The van der Waals surface area contributed by atoms with E-state index in [0.717, 1.165) is 18.4 Å². The van der Waals surface area contributed by atoms with Gasteiger partial charge in [-0.05, 0) is 24.1 Å². The minimum absolute atomic E-state index is 0.0555. The average molecular weight is 214 g/mol. The molecule has 0 spiro atoms. The van der Waals surface area contributed by atoms with Gasteiger partial charge in [0.25, 0.3) is 0 Å². The van der Waals surface area contributed by atoms with Crippen molar-refractivity contribution in [2.24, 2.45) is 0 Å². The number of hydrogen-bond acceptors (Lipinski definition) is 1. The summed E-state index contributed by atoms with van der Waals surface area (Å²) in [4.78, 5) is 11.4. The molecule has 0 aliphatic carbocycles. The van der Waals surface area contributed by atoms with Crippen LogP contribution < -0.4 is 0 Å². The quantitative estimate of drug-likeness (QED) is 0.516. The lowest BCUT2D eigenvalue weighted by Gasteiger charge is -1.90. The van der Waals surface area contributed by atoms with Crippen LogP contribution in [0.15, 0.2) is 48.6 Å². The first-order valence-electron chi connectivity index (χ1n) is 5.76. The van der Waals surface area contributed by atoms with Crippen molar-refractivity contribution >= 4 is 11.9 Å². The van der Waals surface area contributed by atoms with E-state index in [9.17, 15) is 4.79 Å². The van der Waals surface area contributed by atoms with E-state index in [-0.39, 0.29) is 5.78 Å². The Kier molecular flexibility index (Phi) is 5.94. The second-order valence-electron chi connectivity index (χ2n) is 3.69. The third kappa shape index (κ3) is 5.30. The summed E-state index contributed by atoms with van der Waals surface area (Å²) in [5.41, 5.74) is 1.05. The maximum Gasteiger partial charge on any atom is 0.178 e. The molecule has 0 atom stereocenters. The minimum Gasteiger partial charge on any atom is -0.290 e. The second-order valence-corrected chi connectivity index (χ2v) is 3.69. The molecule has 16 heavy (non-hydrogen) atoms. The fourth-order valence-electron chi connectivity index (χ4n) is 1.32. The Morgan fingerprint density at radius 3 is 2.62 bits per heavy atom. The second kappa shape index (κ2) is 7.63. The number of carbonyl (C=O) groups excluding carboxylic acids is 1. The van der Waals surface area contributed by atoms with Gasteiger partial charge in [0.15, 0.2) is 5.78 Å². The van der Waals surface area contributed by atoms with Crippen molar-refractivity contribution in [3.63, 3.8) is 0 Å². The summed E-state index contributed by atoms with van der Waals surface area (Å²) in [7, 11) is 0. The highest BCUT2D eigenvalue weighted by Crippen LogP contribution is 2.01. The van der Waals surface area contributed by atoms with E-state index < -0.39 is 0 Å². The zero-order valence-electron chi connectivity index (χ0n) is 9.73. The molecule has 1 aromatic rings. The van der Waals surface area contributed by atoms with Crippen LogP contribution in [0.5, 0.6) is 0 Å². The Morgan fingerprint density at radius 2 is 1.94 bits per heavy atom. The van der Waals surface area contributed by atoms with Crippen LogP contribution in [-0.4, -0.2) is 5.78 Å². The molecule has 0 aliphatic rings. The van der Waals surface area contributed by atoms with E-state index in [1.165, 1.54) is 6.42 Å². The molecule has 0 fully saturated rings. The van der Waals surface area contributed by atoms with Crippen molar-refractivity contribution in [1.29, 1.82) is 0 Å². The smallest absolute Gasteiger partial charge is 0.178 e. The third-order valence-corrected chi connectivity index (χ3v) is 2.25. The van der Waals surface area contributed by atoms with Gasteiger partial charge >= 0.3 is 0 Å². The van der Waals surface area contributed by atoms with Crippen molar-refractivity contribution in [2.45, 2.75) is 26.2 Å². The molecule has 0 saturated heterocycles. The lowest BCUT2D eigenvalue weighted by atomic mass is 10.2. The molecule has 1 aromatic carbocycles. The maximum atomic E-state index is 11.4. The Labute approximate surface area is 97.5 Å². The number of allylic oxidation sites excluding steroid dienone is 3. The summed E-state index contributed by atoms with van der Waals surface area (Å²) < 4.78 is 0. The van der Waals surface area contributed by atoms with Crippen LogP contribution in [0.2, 0.25) is 0 Å². The number of carbonyl (C=O) groups is 1. The lowest BCUT2D eigenvalue weighted by Crippen LogP contribution is -1.84. The van der Waals surface area contributed by atoms with Gasteiger partial charge in [-0.15, -0.1) is 0 Å². The van der Waals surface area contributed by atoms with Crippen LogP contribution in [0, 0.1) is 0 Å². The van der Waals surface area contributed by atoms with Crippen molar-refractivity contribution < 1.29 is 4.79 Å². The Balaban J connectivity index is 2.40. The van der Waals surface area contributed by atoms with Crippen LogP contribution >= 0.6 is 0 Å². The molecule has 0 N–H and O–H groups in total. The zero-order valence-corrected chi connectivity index (χ0v) is 9.73. The number of benzene rings is 1. The van der Waals surface area contributed by atoms with Crippen LogP contribution in [0.1, 0.15) is 31.7 Å². The maximum absolute atomic E-state index is 11.4.